The van der Waals surface area contributed by atoms with E-state index in [0.717, 1.165) is 5.69 Å². The maximum atomic E-state index is 12.8. The number of nitrogens with zero attached hydrogens (tertiary/aromatic N) is 5. The highest BCUT2D eigenvalue weighted by Gasteiger charge is 2.12. The monoisotopic (exact) mass is 311 g/mol. The zero-order chi connectivity index (χ0) is 15.3. The molecular weight excluding hydrogens is 302 g/mol. The molecule has 0 saturated carbocycles. The summed E-state index contributed by atoms with van der Waals surface area (Å²) < 4.78 is 3.13. The van der Waals surface area contributed by atoms with Gasteiger partial charge in [-0.2, -0.15) is 14.6 Å². The number of benzene rings is 1. The van der Waals surface area contributed by atoms with Gasteiger partial charge >= 0.3 is 0 Å². The minimum Gasteiger partial charge on any atom is -0.284 e. The molecule has 0 amide bonds. The van der Waals surface area contributed by atoms with Gasteiger partial charge in [0.1, 0.15) is 6.33 Å². The molecule has 0 fully saturated rings. The van der Waals surface area contributed by atoms with Crippen molar-refractivity contribution in [3.8, 4) is 5.69 Å². The minimum absolute atomic E-state index is 0.151. The second-order valence-corrected chi connectivity index (χ2v) is 5.33. The molecule has 3 heterocycles. The fourth-order valence-corrected chi connectivity index (χ4v) is 2.66. The van der Waals surface area contributed by atoms with Crippen LogP contribution < -0.4 is 5.56 Å². The maximum Gasteiger partial charge on any atom is 0.266 e. The van der Waals surface area contributed by atoms with Crippen LogP contribution in [0.1, 0.15) is 5.69 Å². The molecule has 0 atom stereocenters. The van der Waals surface area contributed by atoms with Crippen molar-refractivity contribution in [2.75, 3.05) is 0 Å². The van der Waals surface area contributed by atoms with E-state index < -0.39 is 0 Å². The van der Waals surface area contributed by atoms with Gasteiger partial charge in [-0.1, -0.05) is 11.6 Å². The molecule has 4 aromatic rings. The lowest BCUT2D eigenvalue weighted by atomic mass is 10.2. The predicted molar refractivity (Wildman–Crippen MR) is 83.6 cm³/mol. The molecule has 0 aliphatic heterocycles. The number of rotatable bonds is 1. The third kappa shape index (κ3) is 1.81. The number of pyridine rings is 1. The first-order chi connectivity index (χ1) is 10.6. The van der Waals surface area contributed by atoms with Crippen LogP contribution in [0.4, 0.5) is 0 Å². The third-order valence-electron chi connectivity index (χ3n) is 3.56. The largest absolute Gasteiger partial charge is 0.284 e. The lowest BCUT2D eigenvalue weighted by Gasteiger charge is -2.09. The highest BCUT2D eigenvalue weighted by Crippen LogP contribution is 2.16. The summed E-state index contributed by atoms with van der Waals surface area (Å²) in [5, 5.41) is 5.27. The van der Waals surface area contributed by atoms with Crippen molar-refractivity contribution >= 4 is 28.3 Å². The molecule has 0 bridgehead atoms. The van der Waals surface area contributed by atoms with Gasteiger partial charge < -0.3 is 0 Å². The Morgan fingerprint density at radius 3 is 2.68 bits per heavy atom. The third-order valence-corrected chi connectivity index (χ3v) is 3.81. The van der Waals surface area contributed by atoms with Crippen LogP contribution in [0.15, 0.2) is 47.7 Å². The fraction of sp³-hybridized carbons (Fsp3) is 0.0667. The highest BCUT2D eigenvalue weighted by atomic mass is 35.5. The number of hydrogen-bond donors (Lipinski definition) is 0. The number of aromatic nitrogens is 5. The first-order valence-electron chi connectivity index (χ1n) is 6.63. The number of fused-ring (bicyclic) bond motifs is 3. The summed E-state index contributed by atoms with van der Waals surface area (Å²) in [7, 11) is 0. The summed E-state index contributed by atoms with van der Waals surface area (Å²) in [5.74, 6) is 0.480. The van der Waals surface area contributed by atoms with Gasteiger partial charge in [0.15, 0.2) is 0 Å². The Morgan fingerprint density at radius 1 is 1.14 bits per heavy atom. The molecule has 0 aliphatic carbocycles. The Morgan fingerprint density at radius 2 is 1.91 bits per heavy atom. The van der Waals surface area contributed by atoms with Crippen LogP contribution in [0.25, 0.3) is 22.4 Å². The van der Waals surface area contributed by atoms with E-state index in [1.807, 2.05) is 6.07 Å². The van der Waals surface area contributed by atoms with Gasteiger partial charge in [-0.25, -0.2) is 4.98 Å². The minimum atomic E-state index is -0.151. The van der Waals surface area contributed by atoms with Gasteiger partial charge in [-0.3, -0.25) is 9.36 Å². The Kier molecular flexibility index (Phi) is 2.74. The highest BCUT2D eigenvalue weighted by molar-refractivity contribution is 6.30. The predicted octanol–water partition coefficient (Wildman–Crippen LogP) is 2.39. The summed E-state index contributed by atoms with van der Waals surface area (Å²) >= 11 is 5.90. The summed E-state index contributed by atoms with van der Waals surface area (Å²) in [6.45, 7) is 1.80. The van der Waals surface area contributed by atoms with Crippen molar-refractivity contribution in [3.05, 3.63) is 63.9 Å². The van der Waals surface area contributed by atoms with Crippen LogP contribution in [0.2, 0.25) is 5.02 Å². The van der Waals surface area contributed by atoms with Gasteiger partial charge in [0.25, 0.3) is 11.3 Å². The van der Waals surface area contributed by atoms with Gasteiger partial charge in [0, 0.05) is 16.9 Å². The first-order valence-corrected chi connectivity index (χ1v) is 7.00. The lowest BCUT2D eigenvalue weighted by molar-refractivity contribution is 0.949. The van der Waals surface area contributed by atoms with E-state index in [1.165, 1.54) is 6.33 Å². The normalized spacial score (nSPS) is 11.4. The molecule has 0 unspecified atom stereocenters. The van der Waals surface area contributed by atoms with Crippen LogP contribution in [0.5, 0.6) is 0 Å². The van der Waals surface area contributed by atoms with E-state index >= 15 is 0 Å². The van der Waals surface area contributed by atoms with E-state index in [-0.39, 0.29) is 5.56 Å². The topological polar surface area (TPSA) is 65.1 Å². The van der Waals surface area contributed by atoms with Gasteiger partial charge in [0.2, 0.25) is 0 Å². The van der Waals surface area contributed by atoms with E-state index in [4.69, 9.17) is 11.6 Å². The summed E-state index contributed by atoms with van der Waals surface area (Å²) in [4.78, 5) is 21.2. The number of aryl methyl sites for hydroxylation is 1. The Bertz CT molecular complexity index is 1070. The fourth-order valence-electron chi connectivity index (χ4n) is 2.54. The van der Waals surface area contributed by atoms with Crippen LogP contribution in [-0.2, 0) is 0 Å². The molecular formula is C15H10ClN5O. The van der Waals surface area contributed by atoms with Gasteiger partial charge in [-0.05, 0) is 37.3 Å². The van der Waals surface area contributed by atoms with E-state index in [9.17, 15) is 4.79 Å². The second kappa shape index (κ2) is 4.64. The smallest absolute Gasteiger partial charge is 0.266 e. The van der Waals surface area contributed by atoms with Crippen LogP contribution in [-0.4, -0.2) is 24.1 Å². The van der Waals surface area contributed by atoms with Gasteiger partial charge in [0.05, 0.1) is 16.6 Å². The molecule has 0 spiro atoms. The zero-order valence-electron chi connectivity index (χ0n) is 11.6. The van der Waals surface area contributed by atoms with Crippen LogP contribution >= 0.6 is 11.6 Å². The molecule has 4 rings (SSSR count). The standard InChI is InChI=1S/C15H10ClN5O/c1-9-13-12(21-15(19-9)17-8-18-21)6-7-20(14(13)22)11-4-2-10(16)3-5-11/h2-8H,1H3. The van der Waals surface area contributed by atoms with Crippen molar-refractivity contribution in [3.63, 3.8) is 0 Å². The van der Waals surface area contributed by atoms with E-state index in [0.29, 0.717) is 27.4 Å². The lowest BCUT2D eigenvalue weighted by Crippen LogP contribution is -2.20. The van der Waals surface area contributed by atoms with Crippen molar-refractivity contribution in [1.29, 1.82) is 0 Å². The SMILES string of the molecule is Cc1nc2ncnn2c2ccn(-c3ccc(Cl)cc3)c(=O)c12. The second-order valence-electron chi connectivity index (χ2n) is 4.90. The van der Waals surface area contributed by atoms with Crippen LogP contribution in [0, 0.1) is 6.92 Å². The molecule has 0 saturated heterocycles. The van der Waals surface area contributed by atoms with Crippen molar-refractivity contribution in [2.45, 2.75) is 6.92 Å². The molecule has 6 nitrogen and oxygen atoms in total. The molecule has 0 aliphatic rings. The Hall–Kier alpha value is -2.73. The summed E-state index contributed by atoms with van der Waals surface area (Å²) in [6.07, 6.45) is 3.14. The number of halogens is 1. The quantitative estimate of drug-likeness (QED) is 0.541. The Labute approximate surface area is 129 Å². The average molecular weight is 312 g/mol. The first kappa shape index (κ1) is 13.0. The van der Waals surface area contributed by atoms with Crippen molar-refractivity contribution in [2.24, 2.45) is 0 Å². The molecule has 1 aromatic carbocycles. The van der Waals surface area contributed by atoms with Gasteiger partial charge in [-0.15, -0.1) is 0 Å². The molecule has 22 heavy (non-hydrogen) atoms. The molecule has 108 valence electrons. The van der Waals surface area contributed by atoms with E-state index in [2.05, 4.69) is 15.1 Å². The maximum absolute atomic E-state index is 12.8. The molecule has 0 radical (unpaired) electrons. The summed E-state index contributed by atoms with van der Waals surface area (Å²) in [6, 6.07) is 8.93. The zero-order valence-corrected chi connectivity index (χ0v) is 12.3. The molecule has 0 N–H and O–H groups in total. The van der Waals surface area contributed by atoms with E-state index in [1.54, 1.807) is 46.5 Å². The average Bonchev–Trinajstić information content (AvgIpc) is 2.97. The van der Waals surface area contributed by atoms with Crippen molar-refractivity contribution in [1.82, 2.24) is 24.1 Å². The molecule has 7 heteroatoms. The number of hydrogen-bond acceptors (Lipinski definition) is 4. The van der Waals surface area contributed by atoms with Crippen molar-refractivity contribution < 1.29 is 0 Å². The Balaban J connectivity index is 2.09. The molecule has 3 aromatic heterocycles. The van der Waals surface area contributed by atoms with Crippen LogP contribution in [0.3, 0.4) is 0 Å². The summed E-state index contributed by atoms with van der Waals surface area (Å²) in [5.41, 5.74) is 1.91.